The molecule has 17 heavy (non-hydrogen) atoms. The van der Waals surface area contributed by atoms with Crippen LogP contribution in [0.2, 0.25) is 0 Å². The van der Waals surface area contributed by atoms with Crippen LogP contribution in [0.1, 0.15) is 46.5 Å². The maximum atomic E-state index is 11.6. The van der Waals surface area contributed by atoms with Gasteiger partial charge in [0.05, 0.1) is 0 Å². The minimum Gasteiger partial charge on any atom is -0.444 e. The van der Waals surface area contributed by atoms with Gasteiger partial charge in [-0.3, -0.25) is 4.79 Å². The summed E-state index contributed by atoms with van der Waals surface area (Å²) in [5.74, 6) is -0.331. The topological polar surface area (TPSA) is 81.4 Å². The summed E-state index contributed by atoms with van der Waals surface area (Å²) in [6.07, 6.45) is 3.47. The summed E-state index contributed by atoms with van der Waals surface area (Å²) in [6.45, 7) is 5.34. The summed E-state index contributed by atoms with van der Waals surface area (Å²) in [5, 5.41) is 2.58. The Kier molecular flexibility index (Phi) is 4.37. The molecule has 3 N–H and O–H groups in total. The SMILES string of the molecule is CC(C)(C)OC(=O)NC(C(N)=O)C1CCCC1. The van der Waals surface area contributed by atoms with Crippen molar-refractivity contribution in [3.8, 4) is 0 Å². The Labute approximate surface area is 102 Å². The smallest absolute Gasteiger partial charge is 0.408 e. The maximum Gasteiger partial charge on any atom is 0.408 e. The van der Waals surface area contributed by atoms with Crippen LogP contribution in [-0.4, -0.2) is 23.6 Å². The molecule has 0 radical (unpaired) electrons. The molecule has 5 nitrogen and oxygen atoms in total. The van der Waals surface area contributed by atoms with Gasteiger partial charge in [-0.1, -0.05) is 12.8 Å². The average molecular weight is 242 g/mol. The van der Waals surface area contributed by atoms with Crippen molar-refractivity contribution in [2.75, 3.05) is 0 Å². The molecule has 2 amide bonds. The van der Waals surface area contributed by atoms with Gasteiger partial charge < -0.3 is 15.8 Å². The summed E-state index contributed by atoms with van der Waals surface area (Å²) in [7, 11) is 0. The van der Waals surface area contributed by atoms with E-state index >= 15 is 0 Å². The molecule has 0 aliphatic heterocycles. The van der Waals surface area contributed by atoms with Crippen molar-refractivity contribution >= 4 is 12.0 Å². The Balaban J connectivity index is 2.55. The van der Waals surface area contributed by atoms with Gasteiger partial charge in [-0.05, 0) is 39.5 Å². The lowest BCUT2D eigenvalue weighted by molar-refractivity contribution is -0.121. The molecule has 1 fully saturated rings. The fraction of sp³-hybridized carbons (Fsp3) is 0.833. The second-order valence-electron chi connectivity index (χ2n) is 5.57. The molecule has 1 aliphatic rings. The standard InChI is InChI=1S/C12H22N2O3/c1-12(2,3)17-11(16)14-9(10(13)15)8-6-4-5-7-8/h8-9H,4-7H2,1-3H3,(H2,13,15)(H,14,16). The first-order valence-electron chi connectivity index (χ1n) is 6.08. The van der Waals surface area contributed by atoms with Gasteiger partial charge in [0.1, 0.15) is 11.6 Å². The van der Waals surface area contributed by atoms with Gasteiger partial charge in [0, 0.05) is 0 Å². The van der Waals surface area contributed by atoms with Crippen LogP contribution in [0.15, 0.2) is 0 Å². The Morgan fingerprint density at radius 3 is 2.24 bits per heavy atom. The Hall–Kier alpha value is -1.26. The fourth-order valence-corrected chi connectivity index (χ4v) is 2.15. The molecule has 0 saturated heterocycles. The van der Waals surface area contributed by atoms with Gasteiger partial charge in [0.2, 0.25) is 5.91 Å². The van der Waals surface area contributed by atoms with Gasteiger partial charge in [-0.25, -0.2) is 4.79 Å². The largest absolute Gasteiger partial charge is 0.444 e. The van der Waals surface area contributed by atoms with E-state index in [1.54, 1.807) is 20.8 Å². The van der Waals surface area contributed by atoms with E-state index in [1.807, 2.05) is 0 Å². The van der Waals surface area contributed by atoms with E-state index in [9.17, 15) is 9.59 Å². The van der Waals surface area contributed by atoms with Gasteiger partial charge in [0.25, 0.3) is 0 Å². The summed E-state index contributed by atoms with van der Waals surface area (Å²) in [5.41, 5.74) is 4.75. The first kappa shape index (κ1) is 13.8. The highest BCUT2D eigenvalue weighted by Crippen LogP contribution is 2.27. The zero-order valence-electron chi connectivity index (χ0n) is 10.8. The fourth-order valence-electron chi connectivity index (χ4n) is 2.15. The van der Waals surface area contributed by atoms with E-state index in [0.717, 1.165) is 25.7 Å². The van der Waals surface area contributed by atoms with E-state index in [4.69, 9.17) is 10.5 Å². The lowest BCUT2D eigenvalue weighted by Crippen LogP contribution is -2.49. The third-order valence-electron chi connectivity index (χ3n) is 2.85. The lowest BCUT2D eigenvalue weighted by atomic mass is 9.98. The zero-order valence-corrected chi connectivity index (χ0v) is 10.8. The van der Waals surface area contributed by atoms with Crippen LogP contribution < -0.4 is 11.1 Å². The number of carbonyl (C=O) groups is 2. The Bertz CT molecular complexity index is 291. The molecular weight excluding hydrogens is 220 g/mol. The summed E-state index contributed by atoms with van der Waals surface area (Å²) in [6, 6.07) is -0.604. The number of rotatable bonds is 3. The quantitative estimate of drug-likeness (QED) is 0.788. The zero-order chi connectivity index (χ0) is 13.1. The second-order valence-corrected chi connectivity index (χ2v) is 5.57. The molecule has 1 rings (SSSR count). The van der Waals surface area contributed by atoms with Crippen LogP contribution in [0.5, 0.6) is 0 Å². The van der Waals surface area contributed by atoms with Crippen LogP contribution >= 0.6 is 0 Å². The normalized spacial score (nSPS) is 18.8. The molecule has 0 heterocycles. The van der Waals surface area contributed by atoms with Crippen molar-refractivity contribution in [3.63, 3.8) is 0 Å². The van der Waals surface area contributed by atoms with Crippen molar-refractivity contribution in [2.45, 2.75) is 58.1 Å². The number of carbonyl (C=O) groups excluding carboxylic acids is 2. The van der Waals surface area contributed by atoms with E-state index in [0.29, 0.717) is 0 Å². The molecule has 0 aromatic rings. The van der Waals surface area contributed by atoms with Crippen LogP contribution in [-0.2, 0) is 9.53 Å². The highest BCUT2D eigenvalue weighted by Gasteiger charge is 2.31. The van der Waals surface area contributed by atoms with E-state index < -0.39 is 23.6 Å². The first-order chi connectivity index (χ1) is 7.79. The van der Waals surface area contributed by atoms with Gasteiger partial charge in [-0.15, -0.1) is 0 Å². The van der Waals surface area contributed by atoms with Crippen LogP contribution in [0.3, 0.4) is 0 Å². The minimum atomic E-state index is -0.604. The lowest BCUT2D eigenvalue weighted by Gasteiger charge is -2.25. The molecule has 1 aliphatic carbocycles. The molecule has 5 heteroatoms. The van der Waals surface area contributed by atoms with Crippen LogP contribution in [0.4, 0.5) is 4.79 Å². The van der Waals surface area contributed by atoms with Crippen molar-refractivity contribution in [1.29, 1.82) is 0 Å². The molecule has 1 unspecified atom stereocenters. The number of alkyl carbamates (subject to hydrolysis) is 1. The summed E-state index contributed by atoms with van der Waals surface area (Å²) in [4.78, 5) is 22.9. The summed E-state index contributed by atoms with van der Waals surface area (Å²) < 4.78 is 5.12. The number of amides is 2. The number of nitrogens with two attached hydrogens (primary N) is 1. The van der Waals surface area contributed by atoms with E-state index in [2.05, 4.69) is 5.32 Å². The molecular formula is C12H22N2O3. The monoisotopic (exact) mass is 242 g/mol. The third-order valence-corrected chi connectivity index (χ3v) is 2.85. The van der Waals surface area contributed by atoms with Crippen molar-refractivity contribution in [1.82, 2.24) is 5.32 Å². The van der Waals surface area contributed by atoms with Crippen LogP contribution in [0.25, 0.3) is 0 Å². The number of hydrogen-bond donors (Lipinski definition) is 2. The minimum absolute atomic E-state index is 0.153. The molecule has 0 bridgehead atoms. The predicted molar refractivity (Wildman–Crippen MR) is 64.3 cm³/mol. The summed E-state index contributed by atoms with van der Waals surface area (Å²) >= 11 is 0. The molecule has 1 saturated carbocycles. The Morgan fingerprint density at radius 1 is 1.29 bits per heavy atom. The van der Waals surface area contributed by atoms with Gasteiger partial charge in [0.15, 0.2) is 0 Å². The second kappa shape index (κ2) is 5.38. The maximum absolute atomic E-state index is 11.6. The highest BCUT2D eigenvalue weighted by atomic mass is 16.6. The molecule has 1 atom stereocenters. The number of nitrogens with one attached hydrogen (secondary N) is 1. The van der Waals surface area contributed by atoms with Crippen molar-refractivity contribution in [3.05, 3.63) is 0 Å². The van der Waals surface area contributed by atoms with E-state index in [-0.39, 0.29) is 5.92 Å². The molecule has 0 aromatic carbocycles. The van der Waals surface area contributed by atoms with Crippen molar-refractivity contribution < 1.29 is 14.3 Å². The molecule has 0 aromatic heterocycles. The number of ether oxygens (including phenoxy) is 1. The molecule has 98 valence electrons. The number of hydrogen-bond acceptors (Lipinski definition) is 3. The number of primary amides is 1. The van der Waals surface area contributed by atoms with Gasteiger partial charge >= 0.3 is 6.09 Å². The highest BCUT2D eigenvalue weighted by molar-refractivity contribution is 5.84. The van der Waals surface area contributed by atoms with Crippen LogP contribution in [0, 0.1) is 5.92 Å². The Morgan fingerprint density at radius 2 is 1.82 bits per heavy atom. The third kappa shape index (κ3) is 4.63. The predicted octanol–water partition coefficient (Wildman–Crippen LogP) is 1.56. The molecule has 0 spiro atoms. The first-order valence-corrected chi connectivity index (χ1v) is 6.08. The van der Waals surface area contributed by atoms with Gasteiger partial charge in [-0.2, -0.15) is 0 Å². The average Bonchev–Trinajstić information content (AvgIpc) is 2.63. The van der Waals surface area contributed by atoms with Crippen molar-refractivity contribution in [2.24, 2.45) is 11.7 Å². The van der Waals surface area contributed by atoms with E-state index in [1.165, 1.54) is 0 Å².